The van der Waals surface area contributed by atoms with Crippen molar-refractivity contribution < 1.29 is 19.4 Å². The number of carboxylic acid groups (broad SMARTS) is 1. The lowest BCUT2D eigenvalue weighted by atomic mass is 10.0. The third-order valence-corrected chi connectivity index (χ3v) is 4.59. The van der Waals surface area contributed by atoms with Crippen LogP contribution >= 0.6 is 0 Å². The standard InChI is InChI=1S/C25H24O4/c1-3-18(2)21-14-22(25(26)27)24(29-17-20-12-8-5-9-13-20)15-23(21)28-16-19-10-6-4-7-11-19/h4-15H,2-3,16-17H2,1H3,(H,26,27). The number of hydrogen-bond donors (Lipinski definition) is 1. The SMILES string of the molecule is C=C(CC)c1cc(C(=O)O)c(OCc2ccccc2)cc1OCc1ccccc1. The molecule has 3 aromatic carbocycles. The highest BCUT2D eigenvalue weighted by molar-refractivity contribution is 5.93. The minimum absolute atomic E-state index is 0.0950. The van der Waals surface area contributed by atoms with Gasteiger partial charge in [0.05, 0.1) is 0 Å². The molecule has 4 nitrogen and oxygen atoms in total. The van der Waals surface area contributed by atoms with Crippen LogP contribution in [0, 0.1) is 0 Å². The monoisotopic (exact) mass is 388 g/mol. The van der Waals surface area contributed by atoms with Crippen LogP contribution in [0.1, 0.15) is 40.4 Å². The lowest BCUT2D eigenvalue weighted by molar-refractivity contribution is 0.0691. The Morgan fingerprint density at radius 1 is 0.828 bits per heavy atom. The molecular formula is C25H24O4. The highest BCUT2D eigenvalue weighted by atomic mass is 16.5. The lowest BCUT2D eigenvalue weighted by Crippen LogP contribution is -2.07. The van der Waals surface area contributed by atoms with Crippen LogP contribution in [0.2, 0.25) is 0 Å². The van der Waals surface area contributed by atoms with Crippen LogP contribution < -0.4 is 9.47 Å². The molecule has 0 atom stereocenters. The molecule has 148 valence electrons. The van der Waals surface area contributed by atoms with E-state index in [1.165, 1.54) is 0 Å². The molecule has 1 N–H and O–H groups in total. The van der Waals surface area contributed by atoms with Gasteiger partial charge in [-0.15, -0.1) is 0 Å². The summed E-state index contributed by atoms with van der Waals surface area (Å²) < 4.78 is 11.9. The fourth-order valence-corrected chi connectivity index (χ4v) is 2.90. The summed E-state index contributed by atoms with van der Waals surface area (Å²) in [4.78, 5) is 11.8. The Hall–Kier alpha value is -3.53. The molecule has 0 heterocycles. The number of benzene rings is 3. The Morgan fingerprint density at radius 3 is 1.76 bits per heavy atom. The molecule has 0 aromatic heterocycles. The zero-order chi connectivity index (χ0) is 20.6. The smallest absolute Gasteiger partial charge is 0.339 e. The van der Waals surface area contributed by atoms with E-state index in [0.29, 0.717) is 24.3 Å². The van der Waals surface area contributed by atoms with E-state index in [-0.39, 0.29) is 17.9 Å². The molecule has 0 spiro atoms. The topological polar surface area (TPSA) is 55.8 Å². The van der Waals surface area contributed by atoms with Crippen LogP contribution in [0.4, 0.5) is 0 Å². The first-order chi connectivity index (χ1) is 14.1. The first-order valence-electron chi connectivity index (χ1n) is 9.51. The quantitative estimate of drug-likeness (QED) is 0.491. The molecule has 0 bridgehead atoms. The van der Waals surface area contributed by atoms with Gasteiger partial charge in [-0.2, -0.15) is 0 Å². The van der Waals surface area contributed by atoms with Crippen molar-refractivity contribution in [1.29, 1.82) is 0 Å². The minimum Gasteiger partial charge on any atom is -0.488 e. The van der Waals surface area contributed by atoms with Crippen LogP contribution in [0.15, 0.2) is 79.4 Å². The van der Waals surface area contributed by atoms with Crippen LogP contribution in [0.3, 0.4) is 0 Å². The first kappa shape index (κ1) is 20.2. The molecule has 0 aliphatic carbocycles. The normalized spacial score (nSPS) is 10.4. The van der Waals surface area contributed by atoms with Crippen LogP contribution in [0.5, 0.6) is 11.5 Å². The summed E-state index contributed by atoms with van der Waals surface area (Å²) >= 11 is 0. The number of carboxylic acids is 1. The number of allylic oxidation sites excluding steroid dienone is 1. The summed E-state index contributed by atoms with van der Waals surface area (Å²) in [6.07, 6.45) is 0.685. The average molecular weight is 388 g/mol. The Bertz CT molecular complexity index is 978. The predicted molar refractivity (Wildman–Crippen MR) is 114 cm³/mol. The van der Waals surface area contributed by atoms with Gasteiger partial charge >= 0.3 is 5.97 Å². The summed E-state index contributed by atoms with van der Waals surface area (Å²) in [5.74, 6) is -0.210. The highest BCUT2D eigenvalue weighted by Crippen LogP contribution is 2.35. The molecule has 3 rings (SSSR count). The van der Waals surface area contributed by atoms with Gasteiger partial charge in [-0.05, 0) is 29.2 Å². The number of carbonyl (C=O) groups is 1. The van der Waals surface area contributed by atoms with Crippen molar-refractivity contribution in [3.8, 4) is 11.5 Å². The molecule has 0 radical (unpaired) electrons. The second-order valence-corrected chi connectivity index (χ2v) is 6.66. The maximum Gasteiger partial charge on any atom is 0.339 e. The fraction of sp³-hybridized carbons (Fsp3) is 0.160. The zero-order valence-electron chi connectivity index (χ0n) is 16.4. The summed E-state index contributed by atoms with van der Waals surface area (Å²) in [5.41, 5.74) is 3.57. The lowest BCUT2D eigenvalue weighted by Gasteiger charge is -2.17. The van der Waals surface area contributed by atoms with Crippen LogP contribution in [0.25, 0.3) is 5.57 Å². The molecule has 0 unspecified atom stereocenters. The van der Waals surface area contributed by atoms with E-state index < -0.39 is 5.97 Å². The van der Waals surface area contributed by atoms with Crippen molar-refractivity contribution in [2.45, 2.75) is 26.6 Å². The number of hydrogen-bond acceptors (Lipinski definition) is 3. The van der Waals surface area contributed by atoms with Gasteiger partial charge in [0.2, 0.25) is 0 Å². The van der Waals surface area contributed by atoms with E-state index in [1.54, 1.807) is 12.1 Å². The van der Waals surface area contributed by atoms with Crippen molar-refractivity contribution >= 4 is 11.5 Å². The summed E-state index contributed by atoms with van der Waals surface area (Å²) in [6, 6.07) is 22.7. The van der Waals surface area contributed by atoms with Gasteiger partial charge < -0.3 is 14.6 Å². The molecule has 0 fully saturated rings. The molecule has 0 amide bonds. The van der Waals surface area contributed by atoms with E-state index in [2.05, 4.69) is 6.58 Å². The number of ether oxygens (including phenoxy) is 2. The largest absolute Gasteiger partial charge is 0.488 e. The van der Waals surface area contributed by atoms with Crippen molar-refractivity contribution in [2.75, 3.05) is 0 Å². The number of aromatic carboxylic acids is 1. The Labute approximate surface area is 171 Å². The van der Waals surface area contributed by atoms with E-state index >= 15 is 0 Å². The second-order valence-electron chi connectivity index (χ2n) is 6.66. The second kappa shape index (κ2) is 9.60. The molecule has 0 aliphatic rings. The van der Waals surface area contributed by atoms with Gasteiger partial charge in [-0.1, -0.05) is 74.2 Å². The molecule has 3 aromatic rings. The van der Waals surface area contributed by atoms with Gasteiger partial charge in [-0.3, -0.25) is 0 Å². The third kappa shape index (κ3) is 5.26. The highest BCUT2D eigenvalue weighted by Gasteiger charge is 2.18. The molecule has 0 aliphatic heterocycles. The van der Waals surface area contributed by atoms with Gasteiger partial charge in [0.25, 0.3) is 0 Å². The zero-order valence-corrected chi connectivity index (χ0v) is 16.4. The van der Waals surface area contributed by atoms with E-state index in [1.807, 2.05) is 67.6 Å². The minimum atomic E-state index is -1.05. The van der Waals surface area contributed by atoms with Crippen LogP contribution in [-0.2, 0) is 13.2 Å². The summed E-state index contributed by atoms with van der Waals surface area (Å²) in [7, 11) is 0. The Balaban J connectivity index is 1.92. The molecule has 4 heteroatoms. The van der Waals surface area contributed by atoms with E-state index in [9.17, 15) is 9.90 Å². The fourth-order valence-electron chi connectivity index (χ4n) is 2.90. The Kier molecular flexibility index (Phi) is 6.69. The van der Waals surface area contributed by atoms with Gasteiger partial charge in [0.15, 0.2) is 0 Å². The summed E-state index contributed by atoms with van der Waals surface area (Å²) in [5, 5.41) is 9.69. The molecule has 29 heavy (non-hydrogen) atoms. The molecule has 0 saturated carbocycles. The van der Waals surface area contributed by atoms with Crippen molar-refractivity contribution in [1.82, 2.24) is 0 Å². The number of rotatable bonds is 9. The van der Waals surface area contributed by atoms with Gasteiger partial charge in [-0.25, -0.2) is 4.79 Å². The third-order valence-electron chi connectivity index (χ3n) is 4.59. The van der Waals surface area contributed by atoms with E-state index in [0.717, 1.165) is 16.7 Å². The van der Waals surface area contributed by atoms with Gasteiger partial charge in [0, 0.05) is 11.6 Å². The maximum atomic E-state index is 11.8. The predicted octanol–water partition coefficient (Wildman–Crippen LogP) is 5.97. The van der Waals surface area contributed by atoms with Crippen molar-refractivity contribution in [3.63, 3.8) is 0 Å². The van der Waals surface area contributed by atoms with Crippen molar-refractivity contribution in [2.24, 2.45) is 0 Å². The molecule has 0 saturated heterocycles. The van der Waals surface area contributed by atoms with Crippen LogP contribution in [-0.4, -0.2) is 11.1 Å². The van der Waals surface area contributed by atoms with Gasteiger partial charge in [0.1, 0.15) is 30.3 Å². The Morgan fingerprint density at radius 2 is 1.31 bits per heavy atom. The summed E-state index contributed by atoms with van der Waals surface area (Å²) in [6.45, 7) is 6.69. The average Bonchev–Trinajstić information content (AvgIpc) is 2.76. The maximum absolute atomic E-state index is 11.8. The van der Waals surface area contributed by atoms with E-state index in [4.69, 9.17) is 9.47 Å². The van der Waals surface area contributed by atoms with Crippen molar-refractivity contribution in [3.05, 3.63) is 102 Å². The molecular weight excluding hydrogens is 364 g/mol. The first-order valence-corrected chi connectivity index (χ1v) is 9.51.